The number of phenols is 2. The summed E-state index contributed by atoms with van der Waals surface area (Å²) < 4.78 is 25.2. The van der Waals surface area contributed by atoms with Crippen molar-refractivity contribution < 1.29 is 23.8 Å². The van der Waals surface area contributed by atoms with Gasteiger partial charge in [0.1, 0.15) is 34.0 Å². The van der Waals surface area contributed by atoms with Gasteiger partial charge >= 0.3 is 0 Å². The Hall–Kier alpha value is -2.86. The number of fused-ring (bicyclic) bond motifs is 1. The van der Waals surface area contributed by atoms with E-state index < -0.39 is 11.2 Å². The van der Waals surface area contributed by atoms with Crippen LogP contribution in [-0.4, -0.2) is 16.8 Å². The lowest BCUT2D eigenvalue weighted by molar-refractivity contribution is 0.115. The summed E-state index contributed by atoms with van der Waals surface area (Å²) in [5.74, 6) is -0.728. The first kappa shape index (κ1) is 29.7. The number of hydrogen-bond acceptors (Lipinski definition) is 5. The van der Waals surface area contributed by atoms with Crippen molar-refractivity contribution in [3.8, 4) is 22.8 Å². The summed E-state index contributed by atoms with van der Waals surface area (Å²) in [5, 5.41) is 20.1. The first-order valence-corrected chi connectivity index (χ1v) is 14.4. The van der Waals surface area contributed by atoms with E-state index in [4.69, 9.17) is 9.15 Å². The summed E-state index contributed by atoms with van der Waals surface area (Å²) >= 11 is 0. The van der Waals surface area contributed by atoms with Crippen molar-refractivity contribution in [2.24, 2.45) is 0 Å². The number of rotatable bonds is 18. The Kier molecular flexibility index (Phi) is 12.6. The summed E-state index contributed by atoms with van der Waals surface area (Å²) in [6, 6.07) is 8.02. The maximum Gasteiger partial charge on any atom is 0.202 e. The molecular weight excluding hydrogens is 483 g/mol. The molecule has 0 radical (unpaired) electrons. The third-order valence-corrected chi connectivity index (χ3v) is 7.05. The number of halogens is 1. The van der Waals surface area contributed by atoms with Gasteiger partial charge in [-0.1, -0.05) is 90.4 Å². The summed E-state index contributed by atoms with van der Waals surface area (Å²) in [7, 11) is 0. The zero-order chi connectivity index (χ0) is 27.2. The standard InChI is InChI=1S/C32H43FO5/c1-2-3-4-5-6-7-8-9-10-11-12-13-14-15-20-37-23-27-31(36)30-28(35)21-26(34)22-29(30)38-32(27)24-16-18-25(33)19-17-24/h16-19,21-22,34-35H,2-15,20,23H2,1H3. The zero-order valence-electron chi connectivity index (χ0n) is 22.8. The Morgan fingerprint density at radius 1 is 0.789 bits per heavy atom. The van der Waals surface area contributed by atoms with E-state index in [1.54, 1.807) is 0 Å². The van der Waals surface area contributed by atoms with E-state index in [0.29, 0.717) is 12.2 Å². The number of phenolic OH excluding ortho intramolecular Hbond substituents is 2. The monoisotopic (exact) mass is 526 g/mol. The molecule has 2 aromatic carbocycles. The normalized spacial score (nSPS) is 11.4. The van der Waals surface area contributed by atoms with Crippen molar-refractivity contribution in [2.45, 2.75) is 103 Å². The van der Waals surface area contributed by atoms with E-state index in [9.17, 15) is 19.4 Å². The molecule has 0 aliphatic heterocycles. The van der Waals surface area contributed by atoms with Gasteiger partial charge < -0.3 is 19.4 Å². The highest BCUT2D eigenvalue weighted by atomic mass is 19.1. The van der Waals surface area contributed by atoms with Gasteiger partial charge in [0.15, 0.2) is 0 Å². The van der Waals surface area contributed by atoms with Crippen LogP contribution in [-0.2, 0) is 11.3 Å². The van der Waals surface area contributed by atoms with E-state index in [1.165, 1.54) is 107 Å². The van der Waals surface area contributed by atoms with Crippen LogP contribution < -0.4 is 5.43 Å². The van der Waals surface area contributed by atoms with E-state index in [0.717, 1.165) is 18.9 Å². The molecule has 5 nitrogen and oxygen atoms in total. The molecule has 0 saturated carbocycles. The van der Waals surface area contributed by atoms with Gasteiger partial charge in [-0.15, -0.1) is 0 Å². The van der Waals surface area contributed by atoms with Crippen LogP contribution in [0.2, 0.25) is 0 Å². The third-order valence-electron chi connectivity index (χ3n) is 7.05. The van der Waals surface area contributed by atoms with Crippen LogP contribution in [0.1, 0.15) is 102 Å². The Bertz CT molecular complexity index is 1170. The lowest BCUT2D eigenvalue weighted by Gasteiger charge is -2.12. The van der Waals surface area contributed by atoms with Gasteiger partial charge in [-0.3, -0.25) is 4.79 Å². The summed E-state index contributed by atoms with van der Waals surface area (Å²) in [5.41, 5.74) is 0.408. The second kappa shape index (κ2) is 16.2. The van der Waals surface area contributed by atoms with Crippen molar-refractivity contribution in [1.29, 1.82) is 0 Å². The highest BCUT2D eigenvalue weighted by molar-refractivity contribution is 5.87. The van der Waals surface area contributed by atoms with Crippen molar-refractivity contribution in [3.63, 3.8) is 0 Å². The second-order valence-corrected chi connectivity index (χ2v) is 10.2. The molecule has 0 atom stereocenters. The predicted molar refractivity (Wildman–Crippen MR) is 151 cm³/mol. The first-order valence-electron chi connectivity index (χ1n) is 14.4. The van der Waals surface area contributed by atoms with Gasteiger partial charge in [0.05, 0.1) is 12.2 Å². The molecule has 0 unspecified atom stereocenters. The number of unbranched alkanes of at least 4 members (excludes halogenated alkanes) is 13. The van der Waals surface area contributed by atoms with Crippen molar-refractivity contribution in [2.75, 3.05) is 6.61 Å². The summed E-state index contributed by atoms with van der Waals surface area (Å²) in [6.07, 6.45) is 17.9. The van der Waals surface area contributed by atoms with Crippen LogP contribution in [0.3, 0.4) is 0 Å². The Labute approximate surface area is 225 Å². The van der Waals surface area contributed by atoms with Crippen molar-refractivity contribution in [3.05, 3.63) is 58.0 Å². The molecule has 38 heavy (non-hydrogen) atoms. The molecule has 0 fully saturated rings. The van der Waals surface area contributed by atoms with Gasteiger partial charge in [0.25, 0.3) is 0 Å². The van der Waals surface area contributed by atoms with Crippen LogP contribution in [0.5, 0.6) is 11.5 Å². The highest BCUT2D eigenvalue weighted by Crippen LogP contribution is 2.33. The molecular formula is C32H43FO5. The minimum Gasteiger partial charge on any atom is -0.508 e. The van der Waals surface area contributed by atoms with Crippen LogP contribution in [0, 0.1) is 5.82 Å². The van der Waals surface area contributed by atoms with Crippen molar-refractivity contribution in [1.82, 2.24) is 0 Å². The number of aromatic hydroxyl groups is 2. The third kappa shape index (κ3) is 9.16. The molecule has 3 rings (SSSR count). The summed E-state index contributed by atoms with van der Waals surface area (Å²) in [6.45, 7) is 2.79. The lowest BCUT2D eigenvalue weighted by atomic mass is 10.0. The minimum absolute atomic E-state index is 0.0104. The van der Waals surface area contributed by atoms with E-state index in [-0.39, 0.29) is 40.4 Å². The molecule has 1 aromatic heterocycles. The molecule has 0 spiro atoms. The van der Waals surface area contributed by atoms with Gasteiger partial charge in [0.2, 0.25) is 5.43 Å². The van der Waals surface area contributed by atoms with Crippen LogP contribution in [0.15, 0.2) is 45.6 Å². The number of ether oxygens (including phenoxy) is 1. The average Bonchev–Trinajstić information content (AvgIpc) is 2.89. The van der Waals surface area contributed by atoms with Gasteiger partial charge in [-0.25, -0.2) is 4.39 Å². The molecule has 3 aromatic rings. The molecule has 0 bridgehead atoms. The Balaban J connectivity index is 1.43. The average molecular weight is 527 g/mol. The quantitative estimate of drug-likeness (QED) is 0.162. The van der Waals surface area contributed by atoms with Crippen LogP contribution >= 0.6 is 0 Å². The van der Waals surface area contributed by atoms with Crippen LogP contribution in [0.25, 0.3) is 22.3 Å². The molecule has 0 saturated heterocycles. The maximum atomic E-state index is 13.5. The topological polar surface area (TPSA) is 79.9 Å². The molecule has 1 heterocycles. The molecule has 0 aliphatic carbocycles. The van der Waals surface area contributed by atoms with Crippen molar-refractivity contribution >= 4 is 11.0 Å². The molecule has 208 valence electrons. The Morgan fingerprint density at radius 2 is 1.34 bits per heavy atom. The molecule has 2 N–H and O–H groups in total. The highest BCUT2D eigenvalue weighted by Gasteiger charge is 2.19. The molecule has 0 amide bonds. The SMILES string of the molecule is CCCCCCCCCCCCCCCCOCc1c(-c2ccc(F)cc2)oc2cc(O)cc(O)c2c1=O. The van der Waals surface area contributed by atoms with Gasteiger partial charge in [0, 0.05) is 24.3 Å². The minimum atomic E-state index is -0.427. The predicted octanol–water partition coefficient (Wildman–Crippen LogP) is 9.01. The summed E-state index contributed by atoms with van der Waals surface area (Å²) in [4.78, 5) is 13.3. The second-order valence-electron chi connectivity index (χ2n) is 10.2. The van der Waals surface area contributed by atoms with E-state index >= 15 is 0 Å². The van der Waals surface area contributed by atoms with Gasteiger partial charge in [-0.05, 0) is 30.7 Å². The lowest BCUT2D eigenvalue weighted by Crippen LogP contribution is -2.13. The first-order chi connectivity index (χ1) is 18.5. The smallest absolute Gasteiger partial charge is 0.202 e. The number of benzene rings is 2. The maximum absolute atomic E-state index is 13.5. The fourth-order valence-electron chi connectivity index (χ4n) is 4.86. The fraction of sp³-hybridized carbons (Fsp3) is 0.531. The Morgan fingerprint density at radius 3 is 1.92 bits per heavy atom. The van der Waals surface area contributed by atoms with Gasteiger partial charge in [-0.2, -0.15) is 0 Å². The van der Waals surface area contributed by atoms with Crippen LogP contribution in [0.4, 0.5) is 4.39 Å². The van der Waals surface area contributed by atoms with E-state index in [1.807, 2.05) is 0 Å². The molecule has 6 heteroatoms. The zero-order valence-corrected chi connectivity index (χ0v) is 22.8. The number of hydrogen-bond donors (Lipinski definition) is 2. The molecule has 0 aliphatic rings. The fourth-order valence-corrected chi connectivity index (χ4v) is 4.86. The van der Waals surface area contributed by atoms with E-state index in [2.05, 4.69) is 6.92 Å². The largest absolute Gasteiger partial charge is 0.508 e.